The normalized spacial score (nSPS) is 13.8. The number of nitrogens with two attached hydrogens (primary N) is 1. The summed E-state index contributed by atoms with van der Waals surface area (Å²) in [5.41, 5.74) is 5.88. The number of nitrogens with one attached hydrogen (secondary N) is 1. The fraction of sp³-hybridized carbons (Fsp3) is 0.714. The maximum absolute atomic E-state index is 5.88. The van der Waals surface area contributed by atoms with Crippen LogP contribution in [0, 0.1) is 12.8 Å². The van der Waals surface area contributed by atoms with Crippen molar-refractivity contribution in [3.05, 3.63) is 16.1 Å². The van der Waals surface area contributed by atoms with Crippen LogP contribution in [-0.2, 0) is 6.54 Å². The van der Waals surface area contributed by atoms with Crippen LogP contribution >= 0.6 is 11.3 Å². The lowest BCUT2D eigenvalue weighted by Gasteiger charge is -2.14. The zero-order valence-electron chi connectivity index (χ0n) is 12.4. The average Bonchev–Trinajstić information content (AvgIpc) is 2.72. The number of thiazole rings is 1. The summed E-state index contributed by atoms with van der Waals surface area (Å²) < 4.78 is 0. The van der Waals surface area contributed by atoms with Crippen molar-refractivity contribution in [1.82, 2.24) is 10.3 Å². The molecular weight excluding hydrogens is 256 g/mol. The molecule has 1 atom stereocenters. The van der Waals surface area contributed by atoms with E-state index in [1.165, 1.54) is 17.7 Å². The van der Waals surface area contributed by atoms with E-state index in [1.807, 2.05) is 13.1 Å². The molecule has 0 amide bonds. The molecule has 1 aromatic heterocycles. The summed E-state index contributed by atoms with van der Waals surface area (Å²) in [6, 6.07) is 0.375. The Labute approximate surface area is 120 Å². The van der Waals surface area contributed by atoms with Gasteiger partial charge in [-0.05, 0) is 26.2 Å². The van der Waals surface area contributed by atoms with E-state index < -0.39 is 0 Å². The zero-order valence-corrected chi connectivity index (χ0v) is 13.3. The van der Waals surface area contributed by atoms with Gasteiger partial charge in [-0.15, -0.1) is 11.3 Å². The summed E-state index contributed by atoms with van der Waals surface area (Å²) >= 11 is 1.66. The van der Waals surface area contributed by atoms with E-state index in [1.54, 1.807) is 11.3 Å². The first kappa shape index (κ1) is 16.0. The second-order valence-corrected chi connectivity index (χ2v) is 6.76. The van der Waals surface area contributed by atoms with Gasteiger partial charge in [0.15, 0.2) is 5.96 Å². The highest BCUT2D eigenvalue weighted by Gasteiger charge is 2.04. The number of aryl methyl sites for hydroxylation is 1. The maximum Gasteiger partial charge on any atom is 0.189 e. The fourth-order valence-corrected chi connectivity index (χ4v) is 2.54. The Morgan fingerprint density at radius 1 is 1.42 bits per heavy atom. The summed E-state index contributed by atoms with van der Waals surface area (Å²) in [6.45, 7) is 9.27. The molecule has 5 heteroatoms. The minimum Gasteiger partial charge on any atom is -0.370 e. The minimum absolute atomic E-state index is 0.375. The minimum atomic E-state index is 0.375. The number of hydrogen-bond donors (Lipinski definition) is 2. The molecule has 0 spiro atoms. The SMILES string of the molecule is Cc1cnc(CN=C(N)NC(C)CCCC(C)C)s1. The van der Waals surface area contributed by atoms with Gasteiger partial charge in [0.2, 0.25) is 0 Å². The van der Waals surface area contributed by atoms with Crippen molar-refractivity contribution >= 4 is 17.3 Å². The number of hydrogen-bond acceptors (Lipinski definition) is 3. The van der Waals surface area contributed by atoms with Crippen LogP contribution in [0.4, 0.5) is 0 Å². The van der Waals surface area contributed by atoms with E-state index in [-0.39, 0.29) is 0 Å². The standard InChI is InChI=1S/C14H26N4S/c1-10(2)6-5-7-11(3)18-14(15)17-9-13-16-8-12(4)19-13/h8,10-11H,5-7,9H2,1-4H3,(H3,15,17,18). The third-order valence-electron chi connectivity index (χ3n) is 2.87. The molecule has 19 heavy (non-hydrogen) atoms. The van der Waals surface area contributed by atoms with E-state index >= 15 is 0 Å². The topological polar surface area (TPSA) is 63.3 Å². The molecular formula is C14H26N4S. The Balaban J connectivity index is 2.27. The number of aliphatic imine (C=N–C) groups is 1. The monoisotopic (exact) mass is 282 g/mol. The van der Waals surface area contributed by atoms with E-state index in [2.05, 4.69) is 36.1 Å². The van der Waals surface area contributed by atoms with Crippen molar-refractivity contribution in [2.24, 2.45) is 16.6 Å². The van der Waals surface area contributed by atoms with Crippen LogP contribution < -0.4 is 11.1 Å². The first-order valence-corrected chi connectivity index (χ1v) is 7.76. The Morgan fingerprint density at radius 3 is 2.74 bits per heavy atom. The number of aromatic nitrogens is 1. The Morgan fingerprint density at radius 2 is 2.16 bits per heavy atom. The smallest absolute Gasteiger partial charge is 0.189 e. The van der Waals surface area contributed by atoms with Gasteiger partial charge < -0.3 is 11.1 Å². The molecule has 0 aliphatic rings. The van der Waals surface area contributed by atoms with Crippen LogP contribution in [0.5, 0.6) is 0 Å². The predicted molar refractivity (Wildman–Crippen MR) is 83.5 cm³/mol. The van der Waals surface area contributed by atoms with Crippen molar-refractivity contribution in [2.45, 2.75) is 59.5 Å². The lowest BCUT2D eigenvalue weighted by Crippen LogP contribution is -2.38. The summed E-state index contributed by atoms with van der Waals surface area (Å²) in [7, 11) is 0. The van der Waals surface area contributed by atoms with Crippen LogP contribution in [0.2, 0.25) is 0 Å². The number of guanidine groups is 1. The van der Waals surface area contributed by atoms with Gasteiger partial charge in [-0.1, -0.05) is 26.7 Å². The van der Waals surface area contributed by atoms with Gasteiger partial charge in [0, 0.05) is 17.1 Å². The molecule has 1 unspecified atom stereocenters. The molecule has 1 aromatic rings. The molecule has 0 aromatic carbocycles. The highest BCUT2D eigenvalue weighted by atomic mass is 32.1. The Hall–Kier alpha value is -1.10. The maximum atomic E-state index is 5.88. The highest BCUT2D eigenvalue weighted by Crippen LogP contribution is 2.12. The molecule has 0 bridgehead atoms. The molecule has 0 saturated carbocycles. The van der Waals surface area contributed by atoms with Gasteiger partial charge in [-0.25, -0.2) is 9.98 Å². The summed E-state index contributed by atoms with van der Waals surface area (Å²) in [6.07, 6.45) is 5.49. The number of nitrogens with zero attached hydrogens (tertiary/aromatic N) is 2. The zero-order chi connectivity index (χ0) is 14.3. The van der Waals surface area contributed by atoms with E-state index in [9.17, 15) is 0 Å². The van der Waals surface area contributed by atoms with Crippen LogP contribution in [0.1, 0.15) is 49.9 Å². The molecule has 4 nitrogen and oxygen atoms in total. The predicted octanol–water partition coefficient (Wildman–Crippen LogP) is 3.07. The van der Waals surface area contributed by atoms with Crippen LogP contribution in [0.25, 0.3) is 0 Å². The summed E-state index contributed by atoms with van der Waals surface area (Å²) in [5.74, 6) is 1.29. The van der Waals surface area contributed by atoms with Crippen molar-refractivity contribution in [1.29, 1.82) is 0 Å². The van der Waals surface area contributed by atoms with E-state index in [0.717, 1.165) is 17.3 Å². The molecule has 108 valence electrons. The lowest BCUT2D eigenvalue weighted by atomic mass is 10.0. The van der Waals surface area contributed by atoms with Crippen molar-refractivity contribution in [3.8, 4) is 0 Å². The molecule has 3 N–H and O–H groups in total. The quantitative estimate of drug-likeness (QED) is 0.597. The first-order valence-electron chi connectivity index (χ1n) is 6.95. The van der Waals surface area contributed by atoms with Crippen molar-refractivity contribution in [3.63, 3.8) is 0 Å². The summed E-state index contributed by atoms with van der Waals surface area (Å²) in [5, 5.41) is 4.24. The van der Waals surface area contributed by atoms with Crippen molar-refractivity contribution in [2.75, 3.05) is 0 Å². The van der Waals surface area contributed by atoms with Gasteiger partial charge in [0.1, 0.15) is 5.01 Å². The van der Waals surface area contributed by atoms with E-state index in [0.29, 0.717) is 18.5 Å². The molecule has 0 fully saturated rings. The van der Waals surface area contributed by atoms with Crippen LogP contribution in [-0.4, -0.2) is 17.0 Å². The number of rotatable bonds is 7. The average molecular weight is 282 g/mol. The lowest BCUT2D eigenvalue weighted by molar-refractivity contribution is 0.493. The van der Waals surface area contributed by atoms with Gasteiger partial charge in [-0.3, -0.25) is 0 Å². The van der Waals surface area contributed by atoms with Gasteiger partial charge in [0.05, 0.1) is 6.54 Å². The highest BCUT2D eigenvalue weighted by molar-refractivity contribution is 7.11. The van der Waals surface area contributed by atoms with Gasteiger partial charge in [-0.2, -0.15) is 0 Å². The first-order chi connectivity index (χ1) is 8.97. The van der Waals surface area contributed by atoms with Gasteiger partial charge in [0.25, 0.3) is 0 Å². The molecule has 1 heterocycles. The molecule has 1 rings (SSSR count). The third-order valence-corrected chi connectivity index (χ3v) is 3.76. The Bertz CT molecular complexity index is 398. The van der Waals surface area contributed by atoms with Crippen molar-refractivity contribution < 1.29 is 0 Å². The third kappa shape index (κ3) is 7.15. The molecule has 0 saturated heterocycles. The second-order valence-electron chi connectivity index (χ2n) is 5.44. The van der Waals surface area contributed by atoms with Crippen LogP contribution in [0.15, 0.2) is 11.2 Å². The van der Waals surface area contributed by atoms with E-state index in [4.69, 9.17) is 5.73 Å². The fourth-order valence-electron chi connectivity index (χ4n) is 1.83. The summed E-state index contributed by atoms with van der Waals surface area (Å²) in [4.78, 5) is 9.79. The molecule has 0 aliphatic carbocycles. The Kier molecular flexibility index (Phi) is 6.84. The largest absolute Gasteiger partial charge is 0.370 e. The molecule has 0 radical (unpaired) electrons. The van der Waals surface area contributed by atoms with Gasteiger partial charge >= 0.3 is 0 Å². The second kappa shape index (κ2) is 8.15. The molecule has 0 aliphatic heterocycles. The van der Waals surface area contributed by atoms with Crippen LogP contribution in [0.3, 0.4) is 0 Å².